The summed E-state index contributed by atoms with van der Waals surface area (Å²) in [4.78, 5) is 1.86. The van der Waals surface area contributed by atoms with Crippen LogP contribution in [-0.4, -0.2) is 21.7 Å². The van der Waals surface area contributed by atoms with Crippen LogP contribution in [0, 0.1) is 0 Å². The number of para-hydroxylation sites is 1. The van der Waals surface area contributed by atoms with Gasteiger partial charge in [-0.2, -0.15) is 8.42 Å². The van der Waals surface area contributed by atoms with E-state index >= 15 is 0 Å². The number of hydrogen-bond acceptors (Lipinski definition) is 4. The van der Waals surface area contributed by atoms with Crippen molar-refractivity contribution in [3.8, 4) is 0 Å². The quantitative estimate of drug-likeness (QED) is 0.734. The average Bonchev–Trinajstić information content (AvgIpc) is 2.15. The van der Waals surface area contributed by atoms with Gasteiger partial charge in [0, 0.05) is 25.4 Å². The number of anilines is 1. The number of benzene rings is 1. The first-order valence-corrected chi connectivity index (χ1v) is 6.68. The Hall–Kier alpha value is -1.49. The van der Waals surface area contributed by atoms with E-state index in [0.717, 1.165) is 17.5 Å². The molecule has 1 aromatic rings. The zero-order chi connectivity index (χ0) is 11.8. The maximum atomic E-state index is 11.0. The Labute approximate surface area is 95.3 Å². The van der Waals surface area contributed by atoms with Crippen LogP contribution >= 0.6 is 0 Å². The highest BCUT2D eigenvalue weighted by Crippen LogP contribution is 2.28. The molecule has 0 saturated carbocycles. The van der Waals surface area contributed by atoms with Gasteiger partial charge in [0.05, 0.1) is 6.26 Å². The Bertz CT molecular complexity index is 534. The highest BCUT2D eigenvalue weighted by atomic mass is 32.2. The van der Waals surface area contributed by atoms with Crippen molar-refractivity contribution in [2.45, 2.75) is 6.42 Å². The molecule has 2 rings (SSSR count). The van der Waals surface area contributed by atoms with Gasteiger partial charge in [0.1, 0.15) is 5.76 Å². The molecular weight excluding hydrogens is 226 g/mol. The lowest BCUT2D eigenvalue weighted by molar-refractivity contribution is 0.399. The molecule has 4 nitrogen and oxygen atoms in total. The van der Waals surface area contributed by atoms with E-state index in [4.69, 9.17) is 4.18 Å². The summed E-state index contributed by atoms with van der Waals surface area (Å²) >= 11 is 0. The second-order valence-electron chi connectivity index (χ2n) is 3.80. The molecular formula is C11H13NO3S. The molecule has 0 fully saturated rings. The zero-order valence-electron chi connectivity index (χ0n) is 9.17. The van der Waals surface area contributed by atoms with Gasteiger partial charge in [0.2, 0.25) is 0 Å². The molecule has 0 atom stereocenters. The third kappa shape index (κ3) is 2.36. The van der Waals surface area contributed by atoms with Crippen molar-refractivity contribution in [1.82, 2.24) is 0 Å². The molecule has 1 aliphatic heterocycles. The summed E-state index contributed by atoms with van der Waals surface area (Å²) in [5.41, 5.74) is 2.13. The standard InChI is InChI=1S/C11H13NO3S/c1-12-8-10(15-16(2,13)14)7-9-5-3-4-6-11(9)12/h3-6,8H,7H2,1-2H3. The van der Waals surface area contributed by atoms with Crippen LogP contribution in [0.15, 0.2) is 36.2 Å². The van der Waals surface area contributed by atoms with Gasteiger partial charge >= 0.3 is 10.1 Å². The van der Waals surface area contributed by atoms with Gasteiger partial charge in [-0.3, -0.25) is 0 Å². The summed E-state index contributed by atoms with van der Waals surface area (Å²) < 4.78 is 27.0. The van der Waals surface area contributed by atoms with Crippen LogP contribution in [0.2, 0.25) is 0 Å². The number of hydrogen-bond donors (Lipinski definition) is 0. The summed E-state index contributed by atoms with van der Waals surface area (Å²) in [6.45, 7) is 0. The lowest BCUT2D eigenvalue weighted by Gasteiger charge is -2.24. The van der Waals surface area contributed by atoms with Crippen LogP contribution in [0.4, 0.5) is 5.69 Å². The van der Waals surface area contributed by atoms with Crippen molar-refractivity contribution < 1.29 is 12.6 Å². The fourth-order valence-corrected chi connectivity index (χ4v) is 2.26. The minimum Gasteiger partial charge on any atom is -0.385 e. The first-order chi connectivity index (χ1) is 7.46. The fraction of sp³-hybridized carbons (Fsp3) is 0.273. The average molecular weight is 239 g/mol. The zero-order valence-corrected chi connectivity index (χ0v) is 9.99. The number of fused-ring (bicyclic) bond motifs is 1. The van der Waals surface area contributed by atoms with E-state index in [9.17, 15) is 8.42 Å². The van der Waals surface area contributed by atoms with Gasteiger partial charge in [0.25, 0.3) is 0 Å². The Kier molecular flexibility index (Phi) is 2.63. The highest BCUT2D eigenvalue weighted by Gasteiger charge is 2.17. The summed E-state index contributed by atoms with van der Waals surface area (Å²) in [5.74, 6) is 0.448. The Morgan fingerprint density at radius 3 is 2.69 bits per heavy atom. The topological polar surface area (TPSA) is 46.6 Å². The summed E-state index contributed by atoms with van der Waals surface area (Å²) in [6.07, 6.45) is 3.26. The van der Waals surface area contributed by atoms with Crippen molar-refractivity contribution in [2.75, 3.05) is 18.2 Å². The number of rotatable bonds is 2. The second-order valence-corrected chi connectivity index (χ2v) is 5.37. The number of nitrogens with zero attached hydrogens (tertiary/aromatic N) is 1. The summed E-state index contributed by atoms with van der Waals surface area (Å²) in [7, 11) is -1.58. The van der Waals surface area contributed by atoms with Crippen LogP contribution in [-0.2, 0) is 20.7 Å². The molecule has 1 aromatic carbocycles. The van der Waals surface area contributed by atoms with Crippen molar-refractivity contribution in [1.29, 1.82) is 0 Å². The smallest absolute Gasteiger partial charge is 0.305 e. The van der Waals surface area contributed by atoms with Gasteiger partial charge in [-0.25, -0.2) is 0 Å². The fourth-order valence-electron chi connectivity index (χ4n) is 1.77. The van der Waals surface area contributed by atoms with Crippen LogP contribution < -0.4 is 4.90 Å². The van der Waals surface area contributed by atoms with Gasteiger partial charge in [-0.1, -0.05) is 18.2 Å². The largest absolute Gasteiger partial charge is 0.385 e. The van der Waals surface area contributed by atoms with Crippen molar-refractivity contribution >= 4 is 15.8 Å². The van der Waals surface area contributed by atoms with E-state index in [1.807, 2.05) is 36.2 Å². The Morgan fingerprint density at radius 1 is 1.31 bits per heavy atom. The lowest BCUT2D eigenvalue weighted by Crippen LogP contribution is -2.19. The van der Waals surface area contributed by atoms with Gasteiger partial charge in [-0.05, 0) is 11.6 Å². The van der Waals surface area contributed by atoms with Crippen molar-refractivity contribution in [3.05, 3.63) is 41.8 Å². The molecule has 0 aromatic heterocycles. The van der Waals surface area contributed by atoms with E-state index in [2.05, 4.69) is 0 Å². The third-order valence-corrected chi connectivity index (χ3v) is 2.85. The molecule has 0 aliphatic carbocycles. The predicted molar refractivity (Wildman–Crippen MR) is 62.6 cm³/mol. The molecule has 0 N–H and O–H groups in total. The Balaban J connectivity index is 2.30. The van der Waals surface area contributed by atoms with Crippen LogP contribution in [0.5, 0.6) is 0 Å². The normalized spacial score (nSPS) is 15.4. The Morgan fingerprint density at radius 2 is 2.00 bits per heavy atom. The monoisotopic (exact) mass is 239 g/mol. The summed E-state index contributed by atoms with van der Waals surface area (Å²) in [6, 6.07) is 7.83. The first kappa shape index (κ1) is 11.0. The second kappa shape index (κ2) is 3.83. The molecule has 0 bridgehead atoms. The molecule has 0 spiro atoms. The van der Waals surface area contributed by atoms with Crippen molar-refractivity contribution in [2.24, 2.45) is 0 Å². The van der Waals surface area contributed by atoms with Crippen LogP contribution in [0.25, 0.3) is 0 Å². The van der Waals surface area contributed by atoms with E-state index in [0.29, 0.717) is 12.2 Å². The molecule has 1 heterocycles. The molecule has 0 unspecified atom stereocenters. The minimum atomic E-state index is -3.44. The lowest BCUT2D eigenvalue weighted by atomic mass is 10.1. The van der Waals surface area contributed by atoms with Crippen molar-refractivity contribution in [3.63, 3.8) is 0 Å². The minimum absolute atomic E-state index is 0.448. The first-order valence-electron chi connectivity index (χ1n) is 4.86. The van der Waals surface area contributed by atoms with Crippen LogP contribution in [0.3, 0.4) is 0 Å². The molecule has 0 radical (unpaired) electrons. The predicted octanol–water partition coefficient (Wildman–Crippen LogP) is 1.50. The maximum Gasteiger partial charge on any atom is 0.305 e. The molecule has 0 saturated heterocycles. The molecule has 16 heavy (non-hydrogen) atoms. The summed E-state index contributed by atoms with van der Waals surface area (Å²) in [5, 5.41) is 0. The van der Waals surface area contributed by atoms with Gasteiger partial charge in [-0.15, -0.1) is 0 Å². The SMILES string of the molecule is CN1C=C(OS(C)(=O)=O)Cc2ccccc21. The maximum absolute atomic E-state index is 11.0. The van der Waals surface area contributed by atoms with Gasteiger partial charge < -0.3 is 9.08 Å². The van der Waals surface area contributed by atoms with Gasteiger partial charge in [0.15, 0.2) is 0 Å². The van der Waals surface area contributed by atoms with E-state index in [1.165, 1.54) is 0 Å². The number of allylic oxidation sites excluding steroid dienone is 1. The highest BCUT2D eigenvalue weighted by molar-refractivity contribution is 7.86. The van der Waals surface area contributed by atoms with E-state index < -0.39 is 10.1 Å². The van der Waals surface area contributed by atoms with E-state index in [1.54, 1.807) is 6.20 Å². The van der Waals surface area contributed by atoms with Crippen LogP contribution in [0.1, 0.15) is 5.56 Å². The molecule has 0 amide bonds. The van der Waals surface area contributed by atoms with E-state index in [-0.39, 0.29) is 0 Å². The molecule has 1 aliphatic rings. The molecule has 5 heteroatoms. The molecule has 86 valence electrons. The third-order valence-electron chi connectivity index (χ3n) is 2.33.